The number of nitrogens with two attached hydrogens (primary N) is 1. The van der Waals surface area contributed by atoms with E-state index in [4.69, 9.17) is 21.5 Å². The lowest BCUT2D eigenvalue weighted by Gasteiger charge is -2.07. The molecule has 0 spiro atoms. The predicted molar refractivity (Wildman–Crippen MR) is 73.5 cm³/mol. The number of aryl methyl sites for hydroxylation is 1. The minimum atomic E-state index is -3.33. The lowest BCUT2D eigenvalue weighted by Crippen LogP contribution is -2.16. The van der Waals surface area contributed by atoms with Crippen LogP contribution in [0.2, 0.25) is 5.02 Å². The van der Waals surface area contributed by atoms with Gasteiger partial charge in [-0.15, -0.1) is 0 Å². The first-order valence-electron chi connectivity index (χ1n) is 5.78. The molecule has 0 aromatic heterocycles. The molecule has 0 fully saturated rings. The second kappa shape index (κ2) is 6.97. The molecule has 0 saturated carbocycles. The van der Waals surface area contributed by atoms with Crippen molar-refractivity contribution in [2.24, 2.45) is 5.14 Å². The summed E-state index contributed by atoms with van der Waals surface area (Å²) >= 11 is 5.90. The number of sulfonamides is 1. The fourth-order valence-corrected chi connectivity index (χ4v) is 2.20. The van der Waals surface area contributed by atoms with E-state index in [-0.39, 0.29) is 5.75 Å². The summed E-state index contributed by atoms with van der Waals surface area (Å²) in [5.74, 6) is 0.816. The summed E-state index contributed by atoms with van der Waals surface area (Å²) in [4.78, 5) is 0. The van der Waals surface area contributed by atoms with Gasteiger partial charge >= 0.3 is 0 Å². The maximum absolute atomic E-state index is 10.7. The van der Waals surface area contributed by atoms with Gasteiger partial charge in [-0.1, -0.05) is 11.6 Å². The van der Waals surface area contributed by atoms with Crippen molar-refractivity contribution in [2.45, 2.75) is 26.2 Å². The Kier molecular flexibility index (Phi) is 5.91. The van der Waals surface area contributed by atoms with Gasteiger partial charge in [-0.2, -0.15) is 0 Å². The van der Waals surface area contributed by atoms with E-state index in [0.717, 1.165) is 29.2 Å². The van der Waals surface area contributed by atoms with Gasteiger partial charge in [0.25, 0.3) is 0 Å². The third-order valence-electron chi connectivity index (χ3n) is 2.47. The molecule has 1 aromatic carbocycles. The molecule has 0 amide bonds. The lowest BCUT2D eigenvalue weighted by molar-refractivity contribution is 0.306. The molecule has 6 heteroatoms. The Morgan fingerprint density at radius 1 is 1.28 bits per heavy atom. The van der Waals surface area contributed by atoms with E-state index >= 15 is 0 Å². The molecule has 0 unspecified atom stereocenters. The molecule has 1 rings (SSSR count). The van der Waals surface area contributed by atoms with E-state index in [1.165, 1.54) is 0 Å². The van der Waals surface area contributed by atoms with Gasteiger partial charge in [0, 0.05) is 5.02 Å². The molecule has 0 aliphatic carbocycles. The van der Waals surface area contributed by atoms with Gasteiger partial charge in [-0.25, -0.2) is 13.6 Å². The highest BCUT2D eigenvalue weighted by Gasteiger charge is 2.02. The van der Waals surface area contributed by atoms with E-state index in [1.54, 1.807) is 6.07 Å². The van der Waals surface area contributed by atoms with E-state index in [2.05, 4.69) is 0 Å². The highest BCUT2D eigenvalue weighted by Crippen LogP contribution is 2.21. The Hall–Kier alpha value is -0.780. The maximum atomic E-state index is 10.7. The van der Waals surface area contributed by atoms with Crippen LogP contribution in [0.3, 0.4) is 0 Å². The number of ether oxygens (including phenoxy) is 1. The van der Waals surface area contributed by atoms with Crippen molar-refractivity contribution in [3.8, 4) is 5.75 Å². The number of hydrogen-bond donors (Lipinski definition) is 1. The molecule has 0 aliphatic rings. The molecule has 0 heterocycles. The smallest absolute Gasteiger partial charge is 0.209 e. The molecule has 2 N–H and O–H groups in total. The summed E-state index contributed by atoms with van der Waals surface area (Å²) < 4.78 is 26.9. The van der Waals surface area contributed by atoms with Crippen molar-refractivity contribution in [3.63, 3.8) is 0 Å². The normalized spacial score (nSPS) is 11.5. The lowest BCUT2D eigenvalue weighted by atomic mass is 10.2. The number of primary sulfonamides is 1. The van der Waals surface area contributed by atoms with Crippen LogP contribution in [0.15, 0.2) is 18.2 Å². The average Bonchev–Trinajstić information content (AvgIpc) is 2.26. The first kappa shape index (κ1) is 15.3. The van der Waals surface area contributed by atoms with E-state index in [9.17, 15) is 8.42 Å². The summed E-state index contributed by atoms with van der Waals surface area (Å²) in [5.41, 5.74) is 0.975. The number of benzene rings is 1. The number of halogens is 1. The van der Waals surface area contributed by atoms with Gasteiger partial charge in [0.15, 0.2) is 0 Å². The van der Waals surface area contributed by atoms with Gasteiger partial charge in [0.2, 0.25) is 10.0 Å². The van der Waals surface area contributed by atoms with Crippen LogP contribution < -0.4 is 9.88 Å². The summed E-state index contributed by atoms with van der Waals surface area (Å²) in [7, 11) is -3.33. The monoisotopic (exact) mass is 291 g/mol. The third kappa shape index (κ3) is 6.23. The first-order valence-corrected chi connectivity index (χ1v) is 7.87. The minimum Gasteiger partial charge on any atom is -0.494 e. The second-order valence-electron chi connectivity index (χ2n) is 4.19. The highest BCUT2D eigenvalue weighted by molar-refractivity contribution is 7.89. The minimum absolute atomic E-state index is 0.0348. The third-order valence-corrected chi connectivity index (χ3v) is 3.75. The summed E-state index contributed by atoms with van der Waals surface area (Å²) in [6, 6.07) is 5.50. The van der Waals surface area contributed by atoms with Gasteiger partial charge in [-0.05, 0) is 49.9 Å². The van der Waals surface area contributed by atoms with Crippen LogP contribution in [0, 0.1) is 6.92 Å². The van der Waals surface area contributed by atoms with Crippen LogP contribution in [0.5, 0.6) is 5.75 Å². The molecule has 0 radical (unpaired) electrons. The van der Waals surface area contributed by atoms with Crippen LogP contribution in [-0.2, 0) is 10.0 Å². The van der Waals surface area contributed by atoms with Crippen molar-refractivity contribution in [1.29, 1.82) is 0 Å². The van der Waals surface area contributed by atoms with Crippen molar-refractivity contribution in [2.75, 3.05) is 12.4 Å². The Morgan fingerprint density at radius 2 is 2.00 bits per heavy atom. The quantitative estimate of drug-likeness (QED) is 0.785. The van der Waals surface area contributed by atoms with Gasteiger partial charge in [0.1, 0.15) is 5.75 Å². The zero-order valence-electron chi connectivity index (χ0n) is 10.4. The molecule has 18 heavy (non-hydrogen) atoms. The zero-order valence-corrected chi connectivity index (χ0v) is 11.9. The Balaban J connectivity index is 2.20. The van der Waals surface area contributed by atoms with Crippen molar-refractivity contribution in [1.82, 2.24) is 0 Å². The van der Waals surface area contributed by atoms with Crippen molar-refractivity contribution >= 4 is 21.6 Å². The van der Waals surface area contributed by atoms with Crippen LogP contribution in [0.4, 0.5) is 0 Å². The summed E-state index contributed by atoms with van der Waals surface area (Å²) in [6.45, 7) is 2.48. The average molecular weight is 292 g/mol. The molecular weight excluding hydrogens is 274 g/mol. The largest absolute Gasteiger partial charge is 0.494 e. The SMILES string of the molecule is Cc1cc(OCCCCCS(N)(=O)=O)ccc1Cl. The number of hydrogen-bond acceptors (Lipinski definition) is 3. The fourth-order valence-electron chi connectivity index (χ4n) is 1.48. The van der Waals surface area contributed by atoms with Crippen LogP contribution in [-0.4, -0.2) is 20.8 Å². The number of rotatable bonds is 7. The first-order chi connectivity index (χ1) is 8.38. The van der Waals surface area contributed by atoms with Crippen LogP contribution in [0.25, 0.3) is 0 Å². The molecule has 0 atom stereocenters. The van der Waals surface area contributed by atoms with Crippen LogP contribution >= 0.6 is 11.6 Å². The van der Waals surface area contributed by atoms with Gasteiger partial charge < -0.3 is 4.74 Å². The molecule has 102 valence electrons. The maximum Gasteiger partial charge on any atom is 0.209 e. The molecular formula is C12H18ClNO3S. The standard InChI is InChI=1S/C12H18ClNO3S/c1-10-9-11(5-6-12(10)13)17-7-3-2-4-8-18(14,15)16/h5-6,9H,2-4,7-8H2,1H3,(H2,14,15,16). The second-order valence-corrected chi connectivity index (χ2v) is 6.33. The molecule has 0 bridgehead atoms. The summed E-state index contributed by atoms with van der Waals surface area (Å²) in [6.07, 6.45) is 2.15. The van der Waals surface area contributed by atoms with E-state index < -0.39 is 10.0 Å². The number of unbranched alkanes of at least 4 members (excludes halogenated alkanes) is 2. The van der Waals surface area contributed by atoms with Crippen LogP contribution in [0.1, 0.15) is 24.8 Å². The zero-order chi connectivity index (χ0) is 13.6. The summed E-state index contributed by atoms with van der Waals surface area (Å²) in [5, 5.41) is 5.62. The highest BCUT2D eigenvalue weighted by atomic mass is 35.5. The van der Waals surface area contributed by atoms with Crippen molar-refractivity contribution < 1.29 is 13.2 Å². The molecule has 0 saturated heterocycles. The van der Waals surface area contributed by atoms with E-state index in [0.29, 0.717) is 13.0 Å². The van der Waals surface area contributed by atoms with Gasteiger partial charge in [0.05, 0.1) is 12.4 Å². The van der Waals surface area contributed by atoms with Gasteiger partial charge in [-0.3, -0.25) is 0 Å². The van der Waals surface area contributed by atoms with Crippen molar-refractivity contribution in [3.05, 3.63) is 28.8 Å². The molecule has 4 nitrogen and oxygen atoms in total. The predicted octanol–water partition coefficient (Wildman–Crippen LogP) is 2.49. The topological polar surface area (TPSA) is 69.4 Å². The molecule has 0 aliphatic heterocycles. The van der Waals surface area contributed by atoms with E-state index in [1.807, 2.05) is 19.1 Å². The Labute approximate surface area is 113 Å². The molecule has 1 aromatic rings. The Bertz CT molecular complexity index is 488. The Morgan fingerprint density at radius 3 is 2.61 bits per heavy atom. The fraction of sp³-hybridized carbons (Fsp3) is 0.500.